The highest BCUT2D eigenvalue weighted by Crippen LogP contribution is 2.28. The lowest BCUT2D eigenvalue weighted by atomic mass is 9.87. The first-order valence-corrected chi connectivity index (χ1v) is 8.84. The molecule has 6 heteroatoms. The Labute approximate surface area is 142 Å². The van der Waals surface area contributed by atoms with Crippen LogP contribution in [0.2, 0.25) is 5.15 Å². The van der Waals surface area contributed by atoms with Crippen LogP contribution in [0.3, 0.4) is 0 Å². The fourth-order valence-corrected chi connectivity index (χ4v) is 4.09. The van der Waals surface area contributed by atoms with Crippen LogP contribution in [0, 0.1) is 12.8 Å². The fourth-order valence-electron chi connectivity index (χ4n) is 3.85. The van der Waals surface area contributed by atoms with E-state index in [9.17, 15) is 4.79 Å². The molecule has 5 nitrogen and oxygen atoms in total. The Morgan fingerprint density at radius 2 is 2.22 bits per heavy atom. The van der Waals surface area contributed by atoms with Gasteiger partial charge in [-0.3, -0.25) is 9.48 Å². The second kappa shape index (κ2) is 7.05. The van der Waals surface area contributed by atoms with Crippen LogP contribution >= 0.6 is 11.6 Å². The lowest BCUT2D eigenvalue weighted by Crippen LogP contribution is -2.49. The summed E-state index contributed by atoms with van der Waals surface area (Å²) in [6.45, 7) is 4.87. The number of nitrogens with zero attached hydrogens (tertiary/aromatic N) is 3. The first-order chi connectivity index (χ1) is 11.1. The number of nitrogens with one attached hydrogen (secondary N) is 1. The van der Waals surface area contributed by atoms with E-state index in [2.05, 4.69) is 15.3 Å². The van der Waals surface area contributed by atoms with Gasteiger partial charge >= 0.3 is 0 Å². The SMILES string of the molecule is Cc1nn(C)c(Cl)c1/C=C/C(=O)N1CCCC2CNCCCC21. The molecule has 126 valence electrons. The number of hydrogen-bond donors (Lipinski definition) is 1. The Balaban J connectivity index is 1.75. The van der Waals surface area contributed by atoms with Crippen LogP contribution in [0.5, 0.6) is 0 Å². The van der Waals surface area contributed by atoms with Crippen LogP contribution < -0.4 is 5.32 Å². The zero-order chi connectivity index (χ0) is 16.4. The van der Waals surface area contributed by atoms with Gasteiger partial charge in [0, 0.05) is 31.3 Å². The number of aryl methyl sites for hydroxylation is 2. The van der Waals surface area contributed by atoms with Crippen molar-refractivity contribution in [2.45, 2.75) is 38.6 Å². The number of rotatable bonds is 2. The number of carbonyl (C=O) groups excluding carboxylic acids is 1. The predicted octanol–water partition coefficient (Wildman–Crippen LogP) is 2.39. The van der Waals surface area contributed by atoms with Crippen LogP contribution in [-0.4, -0.2) is 46.3 Å². The van der Waals surface area contributed by atoms with Gasteiger partial charge in [-0.1, -0.05) is 11.6 Å². The lowest BCUT2D eigenvalue weighted by molar-refractivity contribution is -0.131. The maximum absolute atomic E-state index is 12.7. The molecule has 1 aromatic rings. The summed E-state index contributed by atoms with van der Waals surface area (Å²) in [6, 6.07) is 0.376. The van der Waals surface area contributed by atoms with E-state index in [1.807, 2.05) is 20.0 Å². The smallest absolute Gasteiger partial charge is 0.246 e. The number of halogens is 1. The van der Waals surface area contributed by atoms with Crippen LogP contribution in [-0.2, 0) is 11.8 Å². The van der Waals surface area contributed by atoms with Crippen molar-refractivity contribution in [2.75, 3.05) is 19.6 Å². The van der Waals surface area contributed by atoms with Gasteiger partial charge < -0.3 is 10.2 Å². The van der Waals surface area contributed by atoms with Gasteiger partial charge in [0.25, 0.3) is 0 Å². The highest BCUT2D eigenvalue weighted by atomic mass is 35.5. The van der Waals surface area contributed by atoms with E-state index in [0.717, 1.165) is 50.2 Å². The molecule has 2 unspecified atom stereocenters. The third kappa shape index (κ3) is 3.45. The van der Waals surface area contributed by atoms with E-state index in [0.29, 0.717) is 17.1 Å². The van der Waals surface area contributed by atoms with Gasteiger partial charge in [0.2, 0.25) is 5.91 Å². The van der Waals surface area contributed by atoms with E-state index >= 15 is 0 Å². The molecule has 0 spiro atoms. The first-order valence-electron chi connectivity index (χ1n) is 8.46. The minimum absolute atomic E-state index is 0.0981. The zero-order valence-electron chi connectivity index (χ0n) is 13.9. The number of amides is 1. The summed E-state index contributed by atoms with van der Waals surface area (Å²) in [4.78, 5) is 14.8. The molecule has 0 bridgehead atoms. The molecule has 3 rings (SSSR count). The maximum Gasteiger partial charge on any atom is 0.246 e. The van der Waals surface area contributed by atoms with Crippen molar-refractivity contribution < 1.29 is 4.79 Å². The van der Waals surface area contributed by atoms with E-state index in [4.69, 9.17) is 11.6 Å². The van der Waals surface area contributed by atoms with Gasteiger partial charge in [-0.2, -0.15) is 5.10 Å². The van der Waals surface area contributed by atoms with Gasteiger partial charge in [-0.05, 0) is 57.7 Å². The molecule has 2 fully saturated rings. The molecule has 0 aliphatic carbocycles. The maximum atomic E-state index is 12.7. The van der Waals surface area contributed by atoms with Crippen LogP contribution in [0.25, 0.3) is 6.08 Å². The molecule has 1 N–H and O–H groups in total. The van der Waals surface area contributed by atoms with Crippen LogP contribution in [0.15, 0.2) is 6.08 Å². The second-order valence-corrected chi connectivity index (χ2v) is 6.95. The van der Waals surface area contributed by atoms with Crippen molar-refractivity contribution >= 4 is 23.6 Å². The average Bonchev–Trinajstić information content (AvgIpc) is 2.73. The number of piperidine rings is 1. The third-order valence-electron chi connectivity index (χ3n) is 5.05. The molecule has 3 heterocycles. The number of likely N-dealkylation sites (tertiary alicyclic amines) is 1. The Bertz CT molecular complexity index is 610. The molecule has 2 aliphatic heterocycles. The largest absolute Gasteiger partial charge is 0.336 e. The molecule has 23 heavy (non-hydrogen) atoms. The van der Waals surface area contributed by atoms with Crippen molar-refractivity contribution in [3.63, 3.8) is 0 Å². The summed E-state index contributed by atoms with van der Waals surface area (Å²) < 4.78 is 1.63. The van der Waals surface area contributed by atoms with Crippen molar-refractivity contribution in [3.05, 3.63) is 22.5 Å². The summed E-state index contributed by atoms with van der Waals surface area (Å²) in [7, 11) is 1.81. The normalized spacial score (nSPS) is 25.4. The van der Waals surface area contributed by atoms with Gasteiger partial charge in [0.1, 0.15) is 5.15 Å². The molecule has 2 atom stereocenters. The van der Waals surface area contributed by atoms with Crippen LogP contribution in [0.4, 0.5) is 0 Å². The average molecular weight is 337 g/mol. The summed E-state index contributed by atoms with van der Waals surface area (Å²) in [6.07, 6.45) is 8.03. The Hall–Kier alpha value is -1.33. The molecule has 2 saturated heterocycles. The van der Waals surface area contributed by atoms with Crippen molar-refractivity contribution in [1.29, 1.82) is 0 Å². The summed E-state index contributed by atoms with van der Waals surface area (Å²) >= 11 is 6.23. The topological polar surface area (TPSA) is 50.2 Å². The fraction of sp³-hybridized carbons (Fsp3) is 0.647. The van der Waals surface area contributed by atoms with Gasteiger partial charge in [-0.15, -0.1) is 0 Å². The Morgan fingerprint density at radius 1 is 1.39 bits per heavy atom. The van der Waals surface area contributed by atoms with Crippen molar-refractivity contribution in [2.24, 2.45) is 13.0 Å². The second-order valence-electron chi connectivity index (χ2n) is 6.59. The minimum Gasteiger partial charge on any atom is -0.336 e. The number of hydrogen-bond acceptors (Lipinski definition) is 3. The van der Waals surface area contributed by atoms with E-state index in [1.165, 1.54) is 6.42 Å². The van der Waals surface area contributed by atoms with E-state index in [-0.39, 0.29) is 5.91 Å². The molecule has 2 aliphatic rings. The lowest BCUT2D eigenvalue weighted by Gasteiger charge is -2.40. The Kier molecular flexibility index (Phi) is 5.07. The minimum atomic E-state index is 0.0981. The summed E-state index contributed by atoms with van der Waals surface area (Å²) in [5, 5.41) is 8.35. The molecular formula is C17H25ClN4O. The molecule has 0 radical (unpaired) electrons. The molecule has 0 aromatic carbocycles. The summed E-state index contributed by atoms with van der Waals surface area (Å²) in [5.74, 6) is 0.688. The van der Waals surface area contributed by atoms with E-state index in [1.54, 1.807) is 10.8 Å². The van der Waals surface area contributed by atoms with Crippen molar-refractivity contribution in [3.8, 4) is 0 Å². The monoisotopic (exact) mass is 336 g/mol. The Morgan fingerprint density at radius 3 is 2.96 bits per heavy atom. The summed E-state index contributed by atoms with van der Waals surface area (Å²) in [5.41, 5.74) is 1.68. The molecule has 1 amide bonds. The quantitative estimate of drug-likeness (QED) is 0.844. The highest BCUT2D eigenvalue weighted by molar-refractivity contribution is 6.31. The van der Waals surface area contributed by atoms with Gasteiger partial charge in [0.15, 0.2) is 0 Å². The third-order valence-corrected chi connectivity index (χ3v) is 5.50. The van der Waals surface area contributed by atoms with Crippen molar-refractivity contribution in [1.82, 2.24) is 20.0 Å². The number of fused-ring (bicyclic) bond motifs is 1. The number of aromatic nitrogens is 2. The van der Waals surface area contributed by atoms with Crippen LogP contribution in [0.1, 0.15) is 36.9 Å². The molecule has 0 saturated carbocycles. The molecule has 1 aromatic heterocycles. The highest BCUT2D eigenvalue weighted by Gasteiger charge is 2.33. The van der Waals surface area contributed by atoms with E-state index < -0.39 is 0 Å². The van der Waals surface area contributed by atoms with Gasteiger partial charge in [-0.25, -0.2) is 0 Å². The number of carbonyl (C=O) groups is 1. The standard InChI is InChI=1S/C17H25ClN4O/c1-12-14(17(18)21(2)20-12)7-8-16(23)22-10-4-5-13-11-19-9-3-6-15(13)22/h7-8,13,15,19H,3-6,9-11H2,1-2H3/b8-7+. The first kappa shape index (κ1) is 16.5. The zero-order valence-corrected chi connectivity index (χ0v) is 14.6. The van der Waals surface area contributed by atoms with Gasteiger partial charge in [0.05, 0.1) is 5.69 Å². The molecular weight excluding hydrogens is 312 g/mol. The predicted molar refractivity (Wildman–Crippen MR) is 92.3 cm³/mol.